The van der Waals surface area contributed by atoms with Crippen molar-refractivity contribution in [3.05, 3.63) is 420 Å². The number of anilines is 4. The number of benzene rings is 6. The molecule has 0 amide bonds. The number of Topliss-reactive ketones (excluding diaryl/α,β-unsaturated/α-hetero) is 1. The van der Waals surface area contributed by atoms with Gasteiger partial charge in [0.15, 0.2) is 5.78 Å². The molecule has 24 nitrogen and oxygen atoms in total. The lowest BCUT2D eigenvalue weighted by atomic mass is 10.0. The highest BCUT2D eigenvalue weighted by Crippen LogP contribution is 2.34. The minimum atomic E-state index is -0.125. The Hall–Kier alpha value is -14.0. The van der Waals surface area contributed by atoms with Gasteiger partial charge in [0.05, 0.1) is 26.8 Å². The van der Waals surface area contributed by atoms with Crippen molar-refractivity contribution in [3.8, 4) is 67.5 Å². The fraction of sp³-hybridized carbons (Fsp3) is 0.0235. The Morgan fingerprint density at radius 3 is 1.30 bits per heavy atom. The fourth-order valence-corrected chi connectivity index (χ4v) is 12.7. The van der Waals surface area contributed by atoms with E-state index in [-0.39, 0.29) is 33.6 Å². The van der Waals surface area contributed by atoms with Crippen molar-refractivity contribution in [2.24, 2.45) is 5.11 Å². The second-order valence-corrected chi connectivity index (χ2v) is 28.0. The van der Waals surface area contributed by atoms with E-state index in [2.05, 4.69) is 73.8 Å². The first-order valence-corrected chi connectivity index (χ1v) is 37.4. The van der Waals surface area contributed by atoms with E-state index in [4.69, 9.17) is 40.1 Å². The van der Waals surface area contributed by atoms with E-state index >= 15 is 0 Å². The largest absolute Gasteiger partial charge is 0.399 e. The molecule has 0 aliphatic rings. The zero-order valence-electron chi connectivity index (χ0n) is 59.7. The number of pyridine rings is 8. The molecule has 0 bridgehead atoms. The summed E-state index contributed by atoms with van der Waals surface area (Å²) in [4.78, 5) is 87.1. The number of aromatic nitrogens is 11. The normalized spacial score (nSPS) is 10.3. The van der Waals surface area contributed by atoms with Gasteiger partial charge < -0.3 is 22.9 Å². The van der Waals surface area contributed by atoms with Gasteiger partial charge in [-0.25, -0.2) is 4.68 Å². The number of nitrogen functional groups attached to an aromatic ring is 4. The first-order chi connectivity index (χ1) is 54.9. The van der Waals surface area contributed by atoms with E-state index in [1.54, 1.807) is 170 Å². The molecule has 560 valence electrons. The van der Waals surface area contributed by atoms with Crippen molar-refractivity contribution in [2.75, 3.05) is 22.9 Å². The smallest absolute Gasteiger partial charge is 0.255 e. The summed E-state index contributed by atoms with van der Waals surface area (Å²) in [6, 6.07) is 76.7. The molecular weight excluding hydrogens is 1640 g/mol. The summed E-state index contributed by atoms with van der Waals surface area (Å²) >= 11 is 12.8. The lowest BCUT2D eigenvalue weighted by molar-refractivity contribution is 0.0986. The zero-order chi connectivity index (χ0) is 79.6. The Kier molecular flexibility index (Phi) is 27.9. The van der Waals surface area contributed by atoms with Crippen LogP contribution in [0, 0.1) is 3.57 Å². The summed E-state index contributed by atoms with van der Waals surface area (Å²) in [5.74, 6) is 0.0292. The molecule has 0 spiro atoms. The molecule has 0 radical (unpaired) electrons. The SMILES string of the molecule is Nc1ccc(-n2ccccc2=O)cc1.Nc1ccc(-n2ccccc2=O)cc1-c1ccncc1.Nc1ccc(-n2ccccc2=O)cc1Br.Nc1ccc(I)cc1.O=C(CCc1cn(-c2ccc(-n3ccccc3=O)cc2-c2ccncc2)nn1)c1ccc(Cl)s1.[N-]=[N+]=Nc1ccc(-n2ccccc2=O)cc1-c1ccncc1. The monoisotopic (exact) mass is 1710 g/mol. The fourth-order valence-electron chi connectivity index (χ4n) is 11.0. The van der Waals surface area contributed by atoms with E-state index in [0.717, 1.165) is 72.0 Å². The third kappa shape index (κ3) is 21.9. The highest BCUT2D eigenvalue weighted by atomic mass is 127. The second-order valence-electron chi connectivity index (χ2n) is 24.1. The molecule has 10 aromatic heterocycles. The predicted octanol–water partition coefficient (Wildman–Crippen LogP) is 16.8. The molecule has 28 heteroatoms. The van der Waals surface area contributed by atoms with Crippen LogP contribution in [0.3, 0.4) is 0 Å². The minimum absolute atomic E-state index is 0.0292. The Morgan fingerprint density at radius 2 is 0.858 bits per heavy atom. The van der Waals surface area contributed by atoms with Gasteiger partial charge in [0.1, 0.15) is 0 Å². The van der Waals surface area contributed by atoms with Crippen LogP contribution < -0.4 is 50.7 Å². The molecule has 0 fully saturated rings. The number of hydrogen-bond donors (Lipinski definition) is 4. The van der Waals surface area contributed by atoms with Gasteiger partial charge in [-0.05, 0) is 266 Å². The molecule has 16 rings (SSSR count). The van der Waals surface area contributed by atoms with Gasteiger partial charge in [-0.1, -0.05) is 52.3 Å². The molecule has 16 aromatic rings. The van der Waals surface area contributed by atoms with Crippen molar-refractivity contribution in [1.29, 1.82) is 0 Å². The molecule has 8 N–H and O–H groups in total. The van der Waals surface area contributed by atoms with E-state index < -0.39 is 0 Å². The number of hydrogen-bond acceptors (Lipinski definition) is 17. The van der Waals surface area contributed by atoms with Gasteiger partial charge in [0.2, 0.25) is 0 Å². The molecule has 10 heterocycles. The lowest BCUT2D eigenvalue weighted by Gasteiger charge is -2.13. The highest BCUT2D eigenvalue weighted by molar-refractivity contribution is 14.1. The summed E-state index contributed by atoms with van der Waals surface area (Å²) in [5.41, 5.74) is 44.9. The van der Waals surface area contributed by atoms with Crippen LogP contribution in [0.1, 0.15) is 21.8 Å². The molecule has 0 saturated carbocycles. The van der Waals surface area contributed by atoms with Crippen LogP contribution >= 0.6 is 61.5 Å². The second kappa shape index (κ2) is 39.4. The number of rotatable bonds is 14. The minimum Gasteiger partial charge on any atom is -0.399 e. The molecule has 113 heavy (non-hydrogen) atoms. The first-order valence-electron chi connectivity index (χ1n) is 34.3. The van der Waals surface area contributed by atoms with Gasteiger partial charge in [0, 0.05) is 192 Å². The van der Waals surface area contributed by atoms with Crippen LogP contribution in [0.5, 0.6) is 0 Å². The number of azide groups is 1. The van der Waals surface area contributed by atoms with Crippen molar-refractivity contribution < 1.29 is 4.79 Å². The number of nitrogens with zero attached hydrogens (tertiary/aromatic N) is 14. The summed E-state index contributed by atoms with van der Waals surface area (Å²) in [6.45, 7) is 0. The molecule has 0 unspecified atom stereocenters. The van der Waals surface area contributed by atoms with E-state index in [1.807, 2.05) is 158 Å². The molecular formula is C85H67BrClIN18O6S. The molecule has 6 aromatic carbocycles. The molecule has 0 atom stereocenters. The van der Waals surface area contributed by atoms with E-state index in [9.17, 15) is 28.8 Å². The van der Waals surface area contributed by atoms with Gasteiger partial charge in [-0.2, -0.15) is 0 Å². The number of halogens is 3. The van der Waals surface area contributed by atoms with Gasteiger partial charge in [-0.3, -0.25) is 66.6 Å². The average molecular weight is 1710 g/mol. The third-order valence-electron chi connectivity index (χ3n) is 16.6. The van der Waals surface area contributed by atoms with Crippen molar-refractivity contribution in [1.82, 2.24) is 52.8 Å². The maximum Gasteiger partial charge on any atom is 0.255 e. The Labute approximate surface area is 677 Å². The van der Waals surface area contributed by atoms with Crippen LogP contribution in [-0.2, 0) is 6.42 Å². The summed E-state index contributed by atoms with van der Waals surface area (Å²) in [7, 11) is 0. The molecule has 0 aliphatic carbocycles. The maximum absolute atomic E-state index is 12.4. The summed E-state index contributed by atoms with van der Waals surface area (Å²) in [5, 5.41) is 12.3. The Balaban J connectivity index is 0.000000141. The van der Waals surface area contributed by atoms with Crippen molar-refractivity contribution in [3.63, 3.8) is 0 Å². The number of ketones is 1. The predicted molar refractivity (Wildman–Crippen MR) is 460 cm³/mol. The van der Waals surface area contributed by atoms with Crippen LogP contribution in [0.2, 0.25) is 4.34 Å². The first kappa shape index (κ1) is 80.1. The van der Waals surface area contributed by atoms with Crippen LogP contribution in [-0.4, -0.2) is 58.6 Å². The Morgan fingerprint density at radius 1 is 0.460 bits per heavy atom. The molecule has 0 saturated heterocycles. The number of carbonyl (C=O) groups excluding carboxylic acids is 1. The number of thiophene rings is 1. The third-order valence-corrected chi connectivity index (χ3v) is 19.3. The van der Waals surface area contributed by atoms with Crippen LogP contribution in [0.4, 0.5) is 28.4 Å². The quantitative estimate of drug-likeness (QED) is 0.0196. The number of aryl methyl sites for hydroxylation is 1. The zero-order valence-corrected chi connectivity index (χ0v) is 65.0. The van der Waals surface area contributed by atoms with E-state index in [1.165, 1.54) is 49.8 Å². The molecule has 0 aliphatic heterocycles. The van der Waals surface area contributed by atoms with Gasteiger partial charge >= 0.3 is 0 Å². The van der Waals surface area contributed by atoms with Crippen molar-refractivity contribution >= 4 is 95.7 Å². The summed E-state index contributed by atoms with van der Waals surface area (Å²) in [6.07, 6.45) is 21.4. The van der Waals surface area contributed by atoms with Gasteiger partial charge in [-0.15, -0.1) is 16.4 Å². The maximum atomic E-state index is 12.4. The average Bonchev–Trinajstić information content (AvgIpc) is 1.80. The van der Waals surface area contributed by atoms with E-state index in [0.29, 0.717) is 56.2 Å². The lowest BCUT2D eigenvalue weighted by Crippen LogP contribution is -2.15. The summed E-state index contributed by atoms with van der Waals surface area (Å²) < 4.78 is 12.1. The van der Waals surface area contributed by atoms with Crippen LogP contribution in [0.25, 0.3) is 77.9 Å². The van der Waals surface area contributed by atoms with Crippen LogP contribution in [0.15, 0.2) is 369 Å². The highest BCUT2D eigenvalue weighted by Gasteiger charge is 2.16. The number of nitrogens with two attached hydrogens (primary N) is 4. The topological polar surface area (TPSA) is 349 Å². The van der Waals surface area contributed by atoms with Crippen molar-refractivity contribution in [2.45, 2.75) is 12.8 Å². The number of carbonyl (C=O) groups is 1. The standard InChI is InChI=1S/C25H18ClN5O2S.C16H11N5O.C16H13N3O.C11H9BrN2O.C11H10N2O.C6H6IN/c26-24-9-8-23(34-24)22(32)7-4-18-16-31(29-28-18)21-6-5-19(30-14-2-1-3-25(30)33)15-20(21)17-10-12-27-13-11-17;17-20-19-15-5-4-13(21-10-2-1-3-16(21)22)11-14(15)12-6-8-18-9-7-12;17-15-5-4-13(19-10-2-1-3-16(19)20)11-14(15)12-6-8-18-9-7-12;12-9-7-8(4-5-10(9)13)14-6-2-1-3-11(14)15;12-9-4-6-10(7-5-9)13-8-2-1-3-11(13)14;7-5-1-3-6(8)4-2-5/h1-3,5-6,8-16H,4,7H2;1-11H;1-11H,17H2;1-7H,13H2;1-8H,12H2;1-4H,8H2. The Bertz CT molecular complexity index is 6280. The van der Waals surface area contributed by atoms with Gasteiger partial charge in [0.25, 0.3) is 27.8 Å².